The Labute approximate surface area is 175 Å². The number of aromatic nitrogens is 1. The summed E-state index contributed by atoms with van der Waals surface area (Å²) in [6, 6.07) is 3.82. The molecule has 1 atom stereocenters. The van der Waals surface area contributed by atoms with E-state index in [1.807, 2.05) is 26.0 Å². The van der Waals surface area contributed by atoms with E-state index in [-0.39, 0.29) is 12.3 Å². The number of esters is 1. The van der Waals surface area contributed by atoms with Crippen LogP contribution in [0.4, 0.5) is 5.82 Å². The molecule has 0 amide bonds. The summed E-state index contributed by atoms with van der Waals surface area (Å²) in [6.07, 6.45) is 1.61. The van der Waals surface area contributed by atoms with Crippen LogP contribution in [-0.2, 0) is 19.6 Å². The maximum absolute atomic E-state index is 13.5. The highest BCUT2D eigenvalue weighted by Crippen LogP contribution is 2.38. The zero-order valence-electron chi connectivity index (χ0n) is 16.8. The fraction of sp³-hybridized carbons (Fsp3) is 0.579. The van der Waals surface area contributed by atoms with E-state index < -0.39 is 20.7 Å². The van der Waals surface area contributed by atoms with Crippen molar-refractivity contribution in [2.75, 3.05) is 38.2 Å². The Morgan fingerprint density at radius 3 is 2.39 bits per heavy atom. The summed E-state index contributed by atoms with van der Waals surface area (Å²) >= 11 is 3.37. The predicted octanol–water partition coefficient (Wildman–Crippen LogP) is 2.83. The molecule has 28 heavy (non-hydrogen) atoms. The summed E-state index contributed by atoms with van der Waals surface area (Å²) in [5, 5.41) is 0. The quantitative estimate of drug-likeness (QED) is 0.447. The Morgan fingerprint density at radius 2 is 1.93 bits per heavy atom. The molecule has 1 aromatic heterocycles. The van der Waals surface area contributed by atoms with Crippen LogP contribution < -0.4 is 4.90 Å². The zero-order valence-corrected chi connectivity index (χ0v) is 19.2. The van der Waals surface area contributed by atoms with Crippen LogP contribution in [0.2, 0.25) is 0 Å². The maximum Gasteiger partial charge on any atom is 0.309 e. The lowest BCUT2D eigenvalue weighted by atomic mass is 9.88. The Morgan fingerprint density at radius 1 is 1.32 bits per heavy atom. The summed E-state index contributed by atoms with van der Waals surface area (Å²) in [5.74, 6) is 0.0843. The molecule has 156 valence electrons. The van der Waals surface area contributed by atoms with Gasteiger partial charge in [0, 0.05) is 36.8 Å². The minimum absolute atomic E-state index is 0.118. The van der Waals surface area contributed by atoms with Crippen molar-refractivity contribution in [2.24, 2.45) is 5.92 Å². The molecule has 0 saturated carbocycles. The first-order valence-electron chi connectivity index (χ1n) is 9.15. The van der Waals surface area contributed by atoms with Crippen molar-refractivity contribution in [2.45, 2.75) is 31.9 Å². The molecule has 0 aliphatic carbocycles. The molecular formula is C19H28BrN3O4S. The highest BCUT2D eigenvalue weighted by molar-refractivity contribution is 9.10. The molecule has 1 fully saturated rings. The second-order valence-corrected chi connectivity index (χ2v) is 10.6. The Hall–Kier alpha value is -1.45. The van der Waals surface area contributed by atoms with Crippen molar-refractivity contribution in [1.29, 1.82) is 0 Å². The number of ether oxygens (including phenoxy) is 1. The molecule has 7 nitrogen and oxygen atoms in total. The number of methoxy groups -OCH3 is 1. The molecule has 0 aromatic carbocycles. The highest BCUT2D eigenvalue weighted by atomic mass is 79.9. The van der Waals surface area contributed by atoms with Gasteiger partial charge in [0.15, 0.2) is 0 Å². The van der Waals surface area contributed by atoms with Gasteiger partial charge in [-0.15, -0.1) is 0 Å². The van der Waals surface area contributed by atoms with Gasteiger partial charge in [0.1, 0.15) is 10.6 Å². The summed E-state index contributed by atoms with van der Waals surface area (Å²) in [7, 11) is -2.43. The van der Waals surface area contributed by atoms with Gasteiger partial charge in [0.05, 0.1) is 13.5 Å². The smallest absolute Gasteiger partial charge is 0.309 e. The number of carbonyl (C=O) groups is 1. The molecule has 1 saturated heterocycles. The number of hydrogen-bond acceptors (Lipinski definition) is 6. The third kappa shape index (κ3) is 4.41. The van der Waals surface area contributed by atoms with Crippen molar-refractivity contribution in [3.63, 3.8) is 0 Å². The molecular weight excluding hydrogens is 446 g/mol. The minimum atomic E-state index is -3.72. The third-order valence-electron chi connectivity index (χ3n) is 5.54. The molecule has 0 N–H and O–H groups in total. The molecule has 2 heterocycles. The maximum atomic E-state index is 13.5. The van der Waals surface area contributed by atoms with Gasteiger partial charge in [-0.2, -0.15) is 4.31 Å². The van der Waals surface area contributed by atoms with Gasteiger partial charge in [-0.1, -0.05) is 20.4 Å². The SMILES string of the molecule is C=C(CC(=O)OC)[C@](C)(C(C)C)S(=O)(=O)N1CCN(c2ccc(Br)cn2)CC1. The molecule has 0 bridgehead atoms. The number of piperazine rings is 1. The van der Waals surface area contributed by atoms with Crippen LogP contribution in [0, 0.1) is 5.92 Å². The van der Waals surface area contributed by atoms with E-state index >= 15 is 0 Å². The van der Waals surface area contributed by atoms with Gasteiger partial charge in [0.2, 0.25) is 10.0 Å². The molecule has 1 aromatic rings. The standard InChI is InChI=1S/C19H28BrN3O4S/c1-14(2)19(4,15(3)12-18(24)27-5)28(25,26)23-10-8-22(9-11-23)17-7-6-16(20)13-21-17/h6-7,13-14H,3,8-12H2,1-2,4-5H3/t19-/m0/s1. The molecule has 0 unspecified atom stereocenters. The summed E-state index contributed by atoms with van der Waals surface area (Å²) < 4.78 is 32.9. The van der Waals surface area contributed by atoms with Crippen LogP contribution in [-0.4, -0.2) is 61.7 Å². The second-order valence-electron chi connectivity index (χ2n) is 7.34. The molecule has 9 heteroatoms. The number of nitrogens with zero attached hydrogens (tertiary/aromatic N) is 3. The van der Waals surface area contributed by atoms with Crippen molar-refractivity contribution in [1.82, 2.24) is 9.29 Å². The molecule has 2 rings (SSSR count). The topological polar surface area (TPSA) is 79.8 Å². The predicted molar refractivity (Wildman–Crippen MR) is 114 cm³/mol. The largest absolute Gasteiger partial charge is 0.469 e. The third-order valence-corrected chi connectivity index (χ3v) is 8.89. The van der Waals surface area contributed by atoms with Crippen LogP contribution in [0.5, 0.6) is 0 Å². The average molecular weight is 474 g/mol. The van der Waals surface area contributed by atoms with Crippen LogP contribution in [0.15, 0.2) is 35.0 Å². The zero-order chi connectivity index (χ0) is 21.1. The van der Waals surface area contributed by atoms with E-state index in [1.54, 1.807) is 13.1 Å². The number of rotatable bonds is 7. The number of sulfonamides is 1. The Balaban J connectivity index is 2.19. The van der Waals surface area contributed by atoms with Crippen LogP contribution in [0.1, 0.15) is 27.2 Å². The van der Waals surface area contributed by atoms with Crippen molar-refractivity contribution in [3.05, 3.63) is 35.0 Å². The van der Waals surface area contributed by atoms with Gasteiger partial charge in [-0.25, -0.2) is 13.4 Å². The van der Waals surface area contributed by atoms with E-state index in [0.717, 1.165) is 10.3 Å². The first-order chi connectivity index (χ1) is 13.0. The molecule has 1 aliphatic rings. The van der Waals surface area contributed by atoms with Crippen molar-refractivity contribution >= 4 is 37.7 Å². The summed E-state index contributed by atoms with van der Waals surface area (Å²) in [4.78, 5) is 18.2. The molecule has 0 spiro atoms. The lowest BCUT2D eigenvalue weighted by Gasteiger charge is -2.42. The van der Waals surface area contributed by atoms with Gasteiger partial charge in [-0.3, -0.25) is 4.79 Å². The van der Waals surface area contributed by atoms with Crippen molar-refractivity contribution in [3.8, 4) is 0 Å². The number of hydrogen-bond donors (Lipinski definition) is 0. The second kappa shape index (κ2) is 8.92. The number of pyridine rings is 1. The van der Waals surface area contributed by atoms with E-state index in [0.29, 0.717) is 31.8 Å². The van der Waals surface area contributed by atoms with E-state index in [2.05, 4.69) is 32.4 Å². The Kier molecular flexibility index (Phi) is 7.27. The highest BCUT2D eigenvalue weighted by Gasteiger charge is 2.48. The van der Waals surface area contributed by atoms with Gasteiger partial charge in [-0.05, 0) is 46.5 Å². The first kappa shape index (κ1) is 22.8. The average Bonchev–Trinajstić information content (AvgIpc) is 2.67. The number of anilines is 1. The lowest BCUT2D eigenvalue weighted by Crippen LogP contribution is -2.56. The molecule has 0 radical (unpaired) electrons. The normalized spacial score (nSPS) is 18.0. The Bertz CT molecular complexity index is 818. The van der Waals surface area contributed by atoms with E-state index in [9.17, 15) is 13.2 Å². The van der Waals surface area contributed by atoms with Crippen LogP contribution in [0.3, 0.4) is 0 Å². The van der Waals surface area contributed by atoms with Crippen molar-refractivity contribution < 1.29 is 17.9 Å². The fourth-order valence-electron chi connectivity index (χ4n) is 3.29. The number of halogens is 1. The minimum Gasteiger partial charge on any atom is -0.469 e. The van der Waals surface area contributed by atoms with Gasteiger partial charge < -0.3 is 9.64 Å². The van der Waals surface area contributed by atoms with Gasteiger partial charge in [0.25, 0.3) is 0 Å². The summed E-state index contributed by atoms with van der Waals surface area (Å²) in [5.41, 5.74) is 0.353. The lowest BCUT2D eigenvalue weighted by molar-refractivity contribution is -0.139. The van der Waals surface area contributed by atoms with Gasteiger partial charge >= 0.3 is 5.97 Å². The molecule has 1 aliphatic heterocycles. The fourth-order valence-corrected chi connectivity index (χ4v) is 5.74. The van der Waals surface area contributed by atoms with Crippen LogP contribution >= 0.6 is 15.9 Å². The van der Waals surface area contributed by atoms with E-state index in [4.69, 9.17) is 4.74 Å². The van der Waals surface area contributed by atoms with E-state index in [1.165, 1.54) is 11.4 Å². The first-order valence-corrected chi connectivity index (χ1v) is 11.4. The summed E-state index contributed by atoms with van der Waals surface area (Å²) in [6.45, 7) is 11.1. The monoisotopic (exact) mass is 473 g/mol. The van der Waals surface area contributed by atoms with Crippen LogP contribution in [0.25, 0.3) is 0 Å². The number of carbonyl (C=O) groups excluding carboxylic acids is 1.